The van der Waals surface area contributed by atoms with Crippen LogP contribution in [0.1, 0.15) is 5.56 Å². The molecule has 0 atom stereocenters. The number of ether oxygens (including phenoxy) is 2. The fourth-order valence-electron chi connectivity index (χ4n) is 3.00. The Bertz CT molecular complexity index is 880. The fraction of sp³-hybridized carbons (Fsp3) is 0.250. The monoisotopic (exact) mass is 332 g/mol. The Balaban J connectivity index is 1.78. The summed E-state index contributed by atoms with van der Waals surface area (Å²) in [6.07, 6.45) is 0.657. The number of anilines is 2. The number of benzene rings is 2. The van der Waals surface area contributed by atoms with Crippen LogP contribution in [0.4, 0.5) is 11.4 Å². The average molecular weight is 332 g/mol. The summed E-state index contributed by atoms with van der Waals surface area (Å²) >= 11 is 0. The van der Waals surface area contributed by atoms with Crippen molar-refractivity contribution in [2.45, 2.75) is 11.3 Å². The van der Waals surface area contributed by atoms with Gasteiger partial charge in [-0.05, 0) is 30.2 Å². The van der Waals surface area contributed by atoms with Crippen LogP contribution < -0.4 is 19.5 Å². The molecule has 0 unspecified atom stereocenters. The van der Waals surface area contributed by atoms with Crippen molar-refractivity contribution in [2.24, 2.45) is 0 Å². The largest absolute Gasteiger partial charge is 0.486 e. The first-order valence-electron chi connectivity index (χ1n) is 7.37. The van der Waals surface area contributed by atoms with E-state index in [0.29, 0.717) is 49.1 Å². The maximum absolute atomic E-state index is 13.0. The molecular weight excluding hydrogens is 316 g/mol. The van der Waals surface area contributed by atoms with E-state index < -0.39 is 10.0 Å². The Kier molecular flexibility index (Phi) is 3.12. The van der Waals surface area contributed by atoms with Crippen molar-refractivity contribution < 1.29 is 17.9 Å². The zero-order chi connectivity index (χ0) is 16.0. The first-order chi connectivity index (χ1) is 11.1. The molecule has 2 aliphatic rings. The minimum Gasteiger partial charge on any atom is -0.486 e. The summed E-state index contributed by atoms with van der Waals surface area (Å²) in [5.74, 6) is 1.02. The molecule has 2 heterocycles. The van der Waals surface area contributed by atoms with E-state index in [1.54, 1.807) is 18.2 Å². The maximum Gasteiger partial charge on any atom is 0.264 e. The highest BCUT2D eigenvalue weighted by molar-refractivity contribution is 7.92. The molecule has 0 saturated heterocycles. The summed E-state index contributed by atoms with van der Waals surface area (Å²) in [4.78, 5) is 0.179. The van der Waals surface area contributed by atoms with Gasteiger partial charge in [-0.2, -0.15) is 0 Å². The highest BCUT2D eigenvalue weighted by Crippen LogP contribution is 2.39. The lowest BCUT2D eigenvalue weighted by atomic mass is 10.1. The number of nitrogens with two attached hydrogens (primary N) is 1. The predicted molar refractivity (Wildman–Crippen MR) is 86.5 cm³/mol. The normalized spacial score (nSPS) is 16.3. The van der Waals surface area contributed by atoms with E-state index >= 15 is 0 Å². The van der Waals surface area contributed by atoms with Crippen LogP contribution in [-0.2, 0) is 16.4 Å². The van der Waals surface area contributed by atoms with E-state index in [9.17, 15) is 8.42 Å². The Morgan fingerprint density at radius 2 is 1.83 bits per heavy atom. The minimum atomic E-state index is -3.69. The molecule has 0 bridgehead atoms. The molecule has 0 spiro atoms. The van der Waals surface area contributed by atoms with Crippen LogP contribution >= 0.6 is 0 Å². The van der Waals surface area contributed by atoms with Gasteiger partial charge in [0.05, 0.1) is 16.3 Å². The Labute approximate surface area is 134 Å². The van der Waals surface area contributed by atoms with Crippen LogP contribution in [0.3, 0.4) is 0 Å². The quantitative estimate of drug-likeness (QED) is 0.848. The Morgan fingerprint density at radius 3 is 2.65 bits per heavy atom. The van der Waals surface area contributed by atoms with Gasteiger partial charge in [-0.1, -0.05) is 12.1 Å². The van der Waals surface area contributed by atoms with Gasteiger partial charge < -0.3 is 15.2 Å². The average Bonchev–Trinajstić information content (AvgIpc) is 3.00. The van der Waals surface area contributed by atoms with E-state index in [2.05, 4.69) is 0 Å². The van der Waals surface area contributed by atoms with Crippen LogP contribution in [0.2, 0.25) is 0 Å². The first kappa shape index (κ1) is 14.2. The second-order valence-corrected chi connectivity index (χ2v) is 7.35. The summed E-state index contributed by atoms with van der Waals surface area (Å²) in [5.41, 5.74) is 8.01. The smallest absolute Gasteiger partial charge is 0.264 e. The van der Waals surface area contributed by atoms with E-state index in [0.717, 1.165) is 5.56 Å². The molecule has 2 N–H and O–H groups in total. The number of para-hydroxylation sites is 1. The Morgan fingerprint density at radius 1 is 1.04 bits per heavy atom. The van der Waals surface area contributed by atoms with Gasteiger partial charge in [-0.3, -0.25) is 4.31 Å². The van der Waals surface area contributed by atoms with Crippen molar-refractivity contribution in [3.05, 3.63) is 42.0 Å². The lowest BCUT2D eigenvalue weighted by Gasteiger charge is -2.23. The highest BCUT2D eigenvalue weighted by atomic mass is 32.2. The molecule has 7 heteroatoms. The molecule has 0 aromatic heterocycles. The third kappa shape index (κ3) is 2.19. The molecule has 0 saturated carbocycles. The zero-order valence-corrected chi connectivity index (χ0v) is 13.2. The summed E-state index contributed by atoms with van der Waals surface area (Å²) < 4.78 is 38.3. The molecule has 4 rings (SSSR count). The number of fused-ring (bicyclic) bond motifs is 2. The number of hydrogen-bond acceptors (Lipinski definition) is 5. The summed E-state index contributed by atoms with van der Waals surface area (Å²) in [7, 11) is -3.69. The predicted octanol–water partition coefficient (Wildman–Crippen LogP) is 1.79. The van der Waals surface area contributed by atoms with E-state index in [1.165, 1.54) is 10.4 Å². The van der Waals surface area contributed by atoms with Crippen molar-refractivity contribution in [1.29, 1.82) is 0 Å². The molecule has 2 aromatic carbocycles. The molecule has 0 amide bonds. The number of nitrogens with zero attached hydrogens (tertiary/aromatic N) is 1. The molecule has 2 aliphatic heterocycles. The fourth-order valence-corrected chi connectivity index (χ4v) is 4.55. The van der Waals surface area contributed by atoms with Crippen molar-refractivity contribution in [3.63, 3.8) is 0 Å². The first-order valence-corrected chi connectivity index (χ1v) is 8.81. The van der Waals surface area contributed by atoms with Gasteiger partial charge in [0.15, 0.2) is 11.5 Å². The molecule has 0 aliphatic carbocycles. The highest BCUT2D eigenvalue weighted by Gasteiger charge is 2.33. The van der Waals surface area contributed by atoms with Gasteiger partial charge in [0, 0.05) is 12.6 Å². The van der Waals surface area contributed by atoms with Crippen molar-refractivity contribution in [1.82, 2.24) is 0 Å². The van der Waals surface area contributed by atoms with E-state index in [1.807, 2.05) is 12.1 Å². The topological polar surface area (TPSA) is 81.9 Å². The lowest BCUT2D eigenvalue weighted by Crippen LogP contribution is -2.29. The number of rotatable bonds is 2. The van der Waals surface area contributed by atoms with Crippen molar-refractivity contribution in [2.75, 3.05) is 29.8 Å². The summed E-state index contributed by atoms with van der Waals surface area (Å²) in [6, 6.07) is 10.2. The van der Waals surface area contributed by atoms with Crippen molar-refractivity contribution >= 4 is 21.4 Å². The molecule has 2 aromatic rings. The minimum absolute atomic E-state index is 0.179. The summed E-state index contributed by atoms with van der Waals surface area (Å²) in [5, 5.41) is 0. The molecule has 0 fully saturated rings. The molecule has 6 nitrogen and oxygen atoms in total. The van der Waals surface area contributed by atoms with Gasteiger partial charge in [-0.15, -0.1) is 0 Å². The third-order valence-electron chi connectivity index (χ3n) is 4.09. The van der Waals surface area contributed by atoms with Crippen LogP contribution in [0, 0.1) is 0 Å². The van der Waals surface area contributed by atoms with Gasteiger partial charge in [0.25, 0.3) is 10.0 Å². The molecular formula is C16H16N2O4S. The molecule has 23 heavy (non-hydrogen) atoms. The second-order valence-electron chi connectivity index (χ2n) is 5.49. The number of nitrogen functional groups attached to an aromatic ring is 1. The van der Waals surface area contributed by atoms with Gasteiger partial charge in [-0.25, -0.2) is 8.42 Å². The summed E-state index contributed by atoms with van der Waals surface area (Å²) in [6.45, 7) is 1.27. The van der Waals surface area contributed by atoms with Gasteiger partial charge >= 0.3 is 0 Å². The second kappa shape index (κ2) is 5.06. The SMILES string of the molecule is Nc1cccc2c1N(S(=O)(=O)c1ccc3c(c1)OCCO3)CC2. The zero-order valence-electron chi connectivity index (χ0n) is 12.4. The van der Waals surface area contributed by atoms with Crippen LogP contribution in [-0.4, -0.2) is 28.2 Å². The number of hydrogen-bond donors (Lipinski definition) is 1. The number of sulfonamides is 1. The van der Waals surface area contributed by atoms with Gasteiger partial charge in [0.2, 0.25) is 0 Å². The standard InChI is InChI=1S/C16H16N2O4S/c17-13-3-1-2-11-6-7-18(16(11)13)23(19,20)12-4-5-14-15(10-12)22-9-8-21-14/h1-5,10H,6-9,17H2. The third-order valence-corrected chi connectivity index (χ3v) is 5.88. The van der Waals surface area contributed by atoms with Crippen LogP contribution in [0.5, 0.6) is 11.5 Å². The van der Waals surface area contributed by atoms with E-state index in [-0.39, 0.29) is 4.90 Å². The lowest BCUT2D eigenvalue weighted by molar-refractivity contribution is 0.171. The van der Waals surface area contributed by atoms with E-state index in [4.69, 9.17) is 15.2 Å². The van der Waals surface area contributed by atoms with Gasteiger partial charge in [0.1, 0.15) is 13.2 Å². The maximum atomic E-state index is 13.0. The van der Waals surface area contributed by atoms with Crippen LogP contribution in [0.15, 0.2) is 41.3 Å². The molecule has 120 valence electrons. The molecule has 0 radical (unpaired) electrons. The van der Waals surface area contributed by atoms with Crippen LogP contribution in [0.25, 0.3) is 0 Å². The Hall–Kier alpha value is -2.41. The van der Waals surface area contributed by atoms with Crippen molar-refractivity contribution in [3.8, 4) is 11.5 Å².